The van der Waals surface area contributed by atoms with E-state index in [0.717, 1.165) is 41.0 Å². The first-order valence-electron chi connectivity index (χ1n) is 9.10. The molecule has 0 spiro atoms. The molecule has 1 saturated carbocycles. The maximum absolute atomic E-state index is 12.4. The molecule has 0 aliphatic heterocycles. The molecule has 1 amide bonds. The van der Waals surface area contributed by atoms with Gasteiger partial charge in [-0.05, 0) is 60.7 Å². The fourth-order valence-corrected chi connectivity index (χ4v) is 3.14. The lowest BCUT2D eigenvalue weighted by molar-refractivity contribution is 0.0951. The molecule has 3 aromatic rings. The van der Waals surface area contributed by atoms with Gasteiger partial charge in [-0.3, -0.25) is 9.20 Å². The Morgan fingerprint density at radius 2 is 1.92 bits per heavy atom. The van der Waals surface area contributed by atoms with E-state index in [0.29, 0.717) is 11.6 Å². The standard InChI is InChI=1S/C21H24N4O/c1-13-5-6-15(19(26)22-16-7-8-16)11-17(13)14-9-10-25-18(12-14)23-24-20(25)21(2,3)4/h5-6,9-12,16H,7-8H2,1-4H3,(H,22,26). The molecule has 4 rings (SSSR count). The van der Waals surface area contributed by atoms with Gasteiger partial charge in [0.25, 0.3) is 5.91 Å². The zero-order chi connectivity index (χ0) is 18.5. The Balaban J connectivity index is 1.73. The summed E-state index contributed by atoms with van der Waals surface area (Å²) in [6.07, 6.45) is 4.19. The van der Waals surface area contributed by atoms with Crippen LogP contribution in [0.15, 0.2) is 36.5 Å². The van der Waals surface area contributed by atoms with Gasteiger partial charge in [0.2, 0.25) is 0 Å². The molecule has 1 N–H and O–H groups in total. The molecule has 0 bridgehead atoms. The molecule has 0 saturated heterocycles. The Morgan fingerprint density at radius 1 is 1.15 bits per heavy atom. The summed E-state index contributed by atoms with van der Waals surface area (Å²) in [5.41, 5.74) is 4.68. The van der Waals surface area contributed by atoms with E-state index in [1.807, 2.05) is 34.9 Å². The van der Waals surface area contributed by atoms with Crippen molar-refractivity contribution in [3.63, 3.8) is 0 Å². The molecule has 134 valence electrons. The Hall–Kier alpha value is -2.69. The first kappa shape index (κ1) is 16.8. The minimum Gasteiger partial charge on any atom is -0.349 e. The van der Waals surface area contributed by atoms with Crippen molar-refractivity contribution in [1.82, 2.24) is 19.9 Å². The molecule has 5 nitrogen and oxygen atoms in total. The smallest absolute Gasteiger partial charge is 0.251 e. The van der Waals surface area contributed by atoms with Gasteiger partial charge in [0.1, 0.15) is 5.82 Å². The molecule has 0 atom stereocenters. The summed E-state index contributed by atoms with van der Waals surface area (Å²) < 4.78 is 2.03. The minimum atomic E-state index is -0.0718. The molecule has 1 aliphatic carbocycles. The molecule has 26 heavy (non-hydrogen) atoms. The normalized spacial score (nSPS) is 14.6. The maximum Gasteiger partial charge on any atom is 0.251 e. The lowest BCUT2D eigenvalue weighted by atomic mass is 9.95. The highest BCUT2D eigenvalue weighted by atomic mass is 16.1. The van der Waals surface area contributed by atoms with Crippen molar-refractivity contribution in [2.24, 2.45) is 0 Å². The Kier molecular flexibility index (Phi) is 3.83. The Bertz CT molecular complexity index is 993. The van der Waals surface area contributed by atoms with Crippen LogP contribution in [0.2, 0.25) is 0 Å². The quantitative estimate of drug-likeness (QED) is 0.781. The number of aryl methyl sites for hydroxylation is 1. The summed E-state index contributed by atoms with van der Waals surface area (Å²) in [7, 11) is 0. The summed E-state index contributed by atoms with van der Waals surface area (Å²) in [6.45, 7) is 8.45. The van der Waals surface area contributed by atoms with Gasteiger partial charge >= 0.3 is 0 Å². The molecule has 0 unspecified atom stereocenters. The summed E-state index contributed by atoms with van der Waals surface area (Å²) in [6, 6.07) is 10.3. The molecule has 1 aliphatic rings. The van der Waals surface area contributed by atoms with Crippen LogP contribution in [0, 0.1) is 6.92 Å². The van der Waals surface area contributed by atoms with Crippen molar-refractivity contribution in [3.05, 3.63) is 53.5 Å². The van der Waals surface area contributed by atoms with Crippen molar-refractivity contribution >= 4 is 11.6 Å². The fraction of sp³-hybridized carbons (Fsp3) is 0.381. The van der Waals surface area contributed by atoms with Gasteiger partial charge in [-0.1, -0.05) is 26.8 Å². The Morgan fingerprint density at radius 3 is 2.62 bits per heavy atom. The van der Waals surface area contributed by atoms with Crippen molar-refractivity contribution in [1.29, 1.82) is 0 Å². The van der Waals surface area contributed by atoms with Crippen LogP contribution in [0.25, 0.3) is 16.8 Å². The second-order valence-electron chi connectivity index (χ2n) is 8.19. The number of hydrogen-bond donors (Lipinski definition) is 1. The Labute approximate surface area is 153 Å². The van der Waals surface area contributed by atoms with Crippen LogP contribution in [0.4, 0.5) is 0 Å². The molecule has 0 radical (unpaired) electrons. The number of carbonyl (C=O) groups excluding carboxylic acids is 1. The van der Waals surface area contributed by atoms with Crippen LogP contribution in [0.5, 0.6) is 0 Å². The van der Waals surface area contributed by atoms with E-state index in [9.17, 15) is 4.79 Å². The predicted octanol–water partition coefficient (Wildman–Crippen LogP) is 3.89. The van der Waals surface area contributed by atoms with Crippen LogP contribution < -0.4 is 5.32 Å². The van der Waals surface area contributed by atoms with E-state index in [4.69, 9.17) is 0 Å². The zero-order valence-corrected chi connectivity index (χ0v) is 15.7. The average Bonchev–Trinajstić information content (AvgIpc) is 3.28. The summed E-state index contributed by atoms with van der Waals surface area (Å²) >= 11 is 0. The minimum absolute atomic E-state index is 0.00678. The van der Waals surface area contributed by atoms with Crippen molar-refractivity contribution in [2.45, 2.75) is 52.0 Å². The molecule has 2 aromatic heterocycles. The third kappa shape index (κ3) is 3.09. The highest BCUT2D eigenvalue weighted by Gasteiger charge is 2.24. The van der Waals surface area contributed by atoms with Gasteiger partial charge in [0.05, 0.1) is 0 Å². The van der Waals surface area contributed by atoms with Gasteiger partial charge in [0, 0.05) is 23.2 Å². The molecular formula is C21H24N4O. The van der Waals surface area contributed by atoms with Crippen LogP contribution in [0.3, 0.4) is 0 Å². The van der Waals surface area contributed by atoms with E-state index in [-0.39, 0.29) is 11.3 Å². The number of benzene rings is 1. The van der Waals surface area contributed by atoms with Crippen LogP contribution in [-0.4, -0.2) is 26.5 Å². The lowest BCUT2D eigenvalue weighted by Crippen LogP contribution is -2.25. The van der Waals surface area contributed by atoms with Gasteiger partial charge in [-0.15, -0.1) is 10.2 Å². The van der Waals surface area contributed by atoms with Crippen LogP contribution >= 0.6 is 0 Å². The highest BCUT2D eigenvalue weighted by molar-refractivity contribution is 5.96. The van der Waals surface area contributed by atoms with E-state index in [2.05, 4.69) is 49.3 Å². The predicted molar refractivity (Wildman–Crippen MR) is 102 cm³/mol. The number of fused-ring (bicyclic) bond motifs is 1. The molecule has 1 fully saturated rings. The summed E-state index contributed by atoms with van der Waals surface area (Å²) in [5.74, 6) is 0.945. The van der Waals surface area contributed by atoms with Crippen molar-refractivity contribution < 1.29 is 4.79 Å². The average molecular weight is 348 g/mol. The van der Waals surface area contributed by atoms with Crippen LogP contribution in [-0.2, 0) is 5.41 Å². The van der Waals surface area contributed by atoms with Gasteiger partial charge in [0.15, 0.2) is 5.65 Å². The zero-order valence-electron chi connectivity index (χ0n) is 15.7. The van der Waals surface area contributed by atoms with Gasteiger partial charge in [-0.2, -0.15) is 0 Å². The number of nitrogens with one attached hydrogen (secondary N) is 1. The van der Waals surface area contributed by atoms with E-state index in [1.54, 1.807) is 0 Å². The number of amides is 1. The first-order valence-corrected chi connectivity index (χ1v) is 9.10. The van der Waals surface area contributed by atoms with Gasteiger partial charge < -0.3 is 5.32 Å². The number of hydrogen-bond acceptors (Lipinski definition) is 3. The molecule has 2 heterocycles. The number of aromatic nitrogens is 3. The summed E-state index contributed by atoms with van der Waals surface area (Å²) in [5, 5.41) is 11.8. The molecule has 1 aromatic carbocycles. The number of rotatable bonds is 3. The van der Waals surface area contributed by atoms with Crippen molar-refractivity contribution in [2.75, 3.05) is 0 Å². The second-order valence-corrected chi connectivity index (χ2v) is 8.19. The molecular weight excluding hydrogens is 324 g/mol. The SMILES string of the molecule is Cc1ccc(C(=O)NC2CC2)cc1-c1ccn2c(C(C)(C)C)nnc2c1. The highest BCUT2D eigenvalue weighted by Crippen LogP contribution is 2.28. The second kappa shape index (κ2) is 5.94. The third-order valence-electron chi connectivity index (χ3n) is 4.80. The van der Waals surface area contributed by atoms with Crippen LogP contribution in [0.1, 0.15) is 55.4 Å². The molecule has 5 heteroatoms. The van der Waals surface area contributed by atoms with E-state index in [1.165, 1.54) is 0 Å². The number of pyridine rings is 1. The third-order valence-corrected chi connectivity index (χ3v) is 4.80. The first-order chi connectivity index (χ1) is 12.3. The van der Waals surface area contributed by atoms with Gasteiger partial charge in [-0.25, -0.2) is 0 Å². The maximum atomic E-state index is 12.4. The largest absolute Gasteiger partial charge is 0.349 e. The van der Waals surface area contributed by atoms with Crippen molar-refractivity contribution in [3.8, 4) is 11.1 Å². The number of carbonyl (C=O) groups is 1. The van der Waals surface area contributed by atoms with E-state index >= 15 is 0 Å². The number of nitrogens with zero attached hydrogens (tertiary/aromatic N) is 3. The van der Waals surface area contributed by atoms with E-state index < -0.39 is 0 Å². The monoisotopic (exact) mass is 348 g/mol. The topological polar surface area (TPSA) is 59.3 Å². The summed E-state index contributed by atoms with van der Waals surface area (Å²) in [4.78, 5) is 12.4. The lowest BCUT2D eigenvalue weighted by Gasteiger charge is -2.16. The fourth-order valence-electron chi connectivity index (χ4n) is 3.14.